The molecule has 0 aliphatic rings. The molecular weight excluding hydrogens is 458 g/mol. The summed E-state index contributed by atoms with van der Waals surface area (Å²) >= 11 is 1.71. The number of ether oxygens (including phenoxy) is 2. The van der Waals surface area contributed by atoms with Gasteiger partial charge >= 0.3 is 5.63 Å². The lowest BCUT2D eigenvalue weighted by Crippen LogP contribution is -2.01. The highest BCUT2D eigenvalue weighted by atomic mass is 32.1. The van der Waals surface area contributed by atoms with Crippen LogP contribution < -0.4 is 15.1 Å². The van der Waals surface area contributed by atoms with Gasteiger partial charge in [-0.3, -0.25) is 0 Å². The van der Waals surface area contributed by atoms with Gasteiger partial charge in [0.2, 0.25) is 0 Å². The topological polar surface area (TPSA) is 61.6 Å². The van der Waals surface area contributed by atoms with Gasteiger partial charge in [0.05, 0.1) is 23.4 Å². The van der Waals surface area contributed by atoms with Crippen molar-refractivity contribution in [2.24, 2.45) is 0 Å². The lowest BCUT2D eigenvalue weighted by atomic mass is 10.1. The van der Waals surface area contributed by atoms with Crippen LogP contribution in [0.5, 0.6) is 11.5 Å². The SMILES string of the molecule is Cc1cc(=O)oc2cc(OCCCCCCOc3ccc(-c4nc5ccccc5s4)cc3)ccc12. The van der Waals surface area contributed by atoms with Crippen molar-refractivity contribution >= 4 is 32.5 Å². The highest BCUT2D eigenvalue weighted by Gasteiger charge is 2.06. The number of rotatable bonds is 10. The summed E-state index contributed by atoms with van der Waals surface area (Å²) in [6.07, 6.45) is 4.12. The maximum Gasteiger partial charge on any atom is 0.336 e. The Morgan fingerprint density at radius 1 is 0.829 bits per heavy atom. The van der Waals surface area contributed by atoms with E-state index >= 15 is 0 Å². The zero-order valence-corrected chi connectivity index (χ0v) is 20.5. The Morgan fingerprint density at radius 3 is 2.31 bits per heavy atom. The molecule has 6 heteroatoms. The monoisotopic (exact) mass is 485 g/mol. The smallest absolute Gasteiger partial charge is 0.336 e. The van der Waals surface area contributed by atoms with Crippen LogP contribution in [0, 0.1) is 6.92 Å². The molecule has 0 saturated carbocycles. The largest absolute Gasteiger partial charge is 0.494 e. The average Bonchev–Trinajstić information content (AvgIpc) is 3.30. The number of aryl methyl sites for hydroxylation is 1. The first kappa shape index (κ1) is 23.1. The molecular formula is C29H27NO4S. The predicted octanol–water partition coefficient (Wildman–Crippen LogP) is 7.40. The fourth-order valence-corrected chi connectivity index (χ4v) is 4.99. The Labute approximate surface area is 208 Å². The van der Waals surface area contributed by atoms with Crippen molar-refractivity contribution in [2.75, 3.05) is 13.2 Å². The van der Waals surface area contributed by atoms with Crippen molar-refractivity contribution in [2.45, 2.75) is 32.6 Å². The fourth-order valence-electron chi connectivity index (χ4n) is 4.02. The molecule has 0 atom stereocenters. The van der Waals surface area contributed by atoms with E-state index in [1.807, 2.05) is 49.4 Å². The third-order valence-corrected chi connectivity index (χ3v) is 6.98. The Balaban J connectivity index is 1.00. The summed E-state index contributed by atoms with van der Waals surface area (Å²) in [4.78, 5) is 16.3. The fraction of sp³-hybridized carbons (Fsp3) is 0.241. The molecule has 0 N–H and O–H groups in total. The minimum Gasteiger partial charge on any atom is -0.494 e. The number of fused-ring (bicyclic) bond motifs is 2. The van der Waals surface area contributed by atoms with Crippen molar-refractivity contribution in [3.8, 4) is 22.1 Å². The summed E-state index contributed by atoms with van der Waals surface area (Å²) in [5.41, 5.74) is 3.30. The molecule has 0 amide bonds. The summed E-state index contributed by atoms with van der Waals surface area (Å²) < 4.78 is 18.2. The predicted molar refractivity (Wildman–Crippen MR) is 142 cm³/mol. The molecule has 0 spiro atoms. The van der Waals surface area contributed by atoms with Gasteiger partial charge in [0.15, 0.2) is 0 Å². The highest BCUT2D eigenvalue weighted by Crippen LogP contribution is 2.31. The van der Waals surface area contributed by atoms with Crippen LogP contribution in [0.3, 0.4) is 0 Å². The molecule has 0 unspecified atom stereocenters. The van der Waals surface area contributed by atoms with Crippen molar-refractivity contribution in [3.63, 3.8) is 0 Å². The maximum absolute atomic E-state index is 11.6. The van der Waals surface area contributed by atoms with Crippen molar-refractivity contribution in [3.05, 3.63) is 88.8 Å². The normalized spacial score (nSPS) is 11.2. The first-order valence-corrected chi connectivity index (χ1v) is 12.7. The van der Waals surface area contributed by atoms with E-state index in [4.69, 9.17) is 18.9 Å². The average molecular weight is 486 g/mol. The first-order valence-electron chi connectivity index (χ1n) is 11.9. The van der Waals surface area contributed by atoms with Gasteiger partial charge in [-0.1, -0.05) is 12.1 Å². The second kappa shape index (κ2) is 10.7. The molecule has 2 heterocycles. The van der Waals surface area contributed by atoms with E-state index in [9.17, 15) is 4.79 Å². The number of nitrogens with zero attached hydrogens (tertiary/aromatic N) is 1. The molecule has 5 aromatic rings. The summed E-state index contributed by atoms with van der Waals surface area (Å²) in [7, 11) is 0. The molecule has 35 heavy (non-hydrogen) atoms. The summed E-state index contributed by atoms with van der Waals surface area (Å²) in [6, 6.07) is 23.5. The minimum atomic E-state index is -0.335. The highest BCUT2D eigenvalue weighted by molar-refractivity contribution is 7.21. The lowest BCUT2D eigenvalue weighted by Gasteiger charge is -2.08. The number of benzene rings is 3. The summed E-state index contributed by atoms with van der Waals surface area (Å²) in [6.45, 7) is 3.24. The van der Waals surface area contributed by atoms with Gasteiger partial charge in [0.25, 0.3) is 0 Å². The van der Waals surface area contributed by atoms with E-state index in [0.29, 0.717) is 18.8 Å². The molecule has 5 nitrogen and oxygen atoms in total. The van der Waals surface area contributed by atoms with E-state index in [1.54, 1.807) is 17.4 Å². The molecule has 0 aliphatic carbocycles. The minimum absolute atomic E-state index is 0.335. The van der Waals surface area contributed by atoms with E-state index in [2.05, 4.69) is 18.2 Å². The van der Waals surface area contributed by atoms with Crippen molar-refractivity contribution in [1.82, 2.24) is 4.98 Å². The molecule has 3 aromatic carbocycles. The number of aromatic nitrogens is 1. The zero-order valence-electron chi connectivity index (χ0n) is 19.7. The lowest BCUT2D eigenvalue weighted by molar-refractivity contribution is 0.287. The maximum atomic E-state index is 11.6. The van der Waals surface area contributed by atoms with Gasteiger partial charge < -0.3 is 13.9 Å². The molecule has 0 saturated heterocycles. The van der Waals surface area contributed by atoms with Gasteiger partial charge in [-0.2, -0.15) is 0 Å². The van der Waals surface area contributed by atoms with Crippen LogP contribution in [-0.2, 0) is 0 Å². The number of hydrogen-bond acceptors (Lipinski definition) is 6. The quantitative estimate of drug-likeness (QED) is 0.152. The van der Waals surface area contributed by atoms with E-state index in [-0.39, 0.29) is 5.63 Å². The van der Waals surface area contributed by atoms with Crippen LogP contribution in [0.25, 0.3) is 31.8 Å². The molecule has 2 aromatic heterocycles. The Bertz CT molecular complexity index is 1450. The molecule has 178 valence electrons. The summed E-state index contributed by atoms with van der Waals surface area (Å²) in [5, 5.41) is 1.96. The molecule has 0 fully saturated rings. The van der Waals surface area contributed by atoms with Crippen LogP contribution in [-0.4, -0.2) is 18.2 Å². The number of thiazole rings is 1. The number of hydrogen-bond donors (Lipinski definition) is 0. The number of para-hydroxylation sites is 1. The number of unbranched alkanes of at least 4 members (excludes halogenated alkanes) is 3. The Hall–Kier alpha value is -3.64. The van der Waals surface area contributed by atoms with Crippen molar-refractivity contribution < 1.29 is 13.9 Å². The van der Waals surface area contributed by atoms with Gasteiger partial charge in [-0.15, -0.1) is 11.3 Å². The molecule has 5 rings (SSSR count). The summed E-state index contributed by atoms with van der Waals surface area (Å²) in [5.74, 6) is 1.61. The van der Waals surface area contributed by atoms with Crippen LogP contribution in [0.15, 0.2) is 82.0 Å². The van der Waals surface area contributed by atoms with Gasteiger partial charge in [0, 0.05) is 23.1 Å². The molecule has 0 radical (unpaired) electrons. The van der Waals surface area contributed by atoms with Crippen LogP contribution >= 0.6 is 11.3 Å². The van der Waals surface area contributed by atoms with Crippen molar-refractivity contribution in [1.29, 1.82) is 0 Å². The van der Waals surface area contributed by atoms with Crippen LogP contribution in [0.4, 0.5) is 0 Å². The zero-order chi connectivity index (χ0) is 24.0. The van der Waals surface area contributed by atoms with E-state index in [0.717, 1.165) is 64.2 Å². The van der Waals surface area contributed by atoms with Gasteiger partial charge in [-0.25, -0.2) is 9.78 Å². The van der Waals surface area contributed by atoms with Gasteiger partial charge in [0.1, 0.15) is 22.1 Å². The first-order chi connectivity index (χ1) is 17.2. The molecule has 0 aliphatic heterocycles. The second-order valence-electron chi connectivity index (χ2n) is 8.53. The van der Waals surface area contributed by atoms with Crippen LogP contribution in [0.2, 0.25) is 0 Å². The van der Waals surface area contributed by atoms with E-state index in [1.165, 1.54) is 10.8 Å². The third-order valence-electron chi connectivity index (χ3n) is 5.89. The Morgan fingerprint density at radius 2 is 1.54 bits per heavy atom. The third kappa shape index (κ3) is 5.72. The Kier molecular flexibility index (Phi) is 7.09. The molecule has 0 bridgehead atoms. The van der Waals surface area contributed by atoms with Crippen LogP contribution in [0.1, 0.15) is 31.2 Å². The standard InChI is InChI=1S/C29H27NO4S/c1-20-18-28(31)34-26-19-23(14-15-24(20)26)33-17-7-3-2-6-16-32-22-12-10-21(11-13-22)29-30-25-8-4-5-9-27(25)35-29/h4-5,8-15,18-19H,2-3,6-7,16-17H2,1H3. The van der Waals surface area contributed by atoms with E-state index < -0.39 is 0 Å². The van der Waals surface area contributed by atoms with Gasteiger partial charge in [-0.05, 0) is 86.7 Å². The second-order valence-corrected chi connectivity index (χ2v) is 9.56.